The molecule has 0 bridgehead atoms. The minimum Gasteiger partial charge on any atom is -0.472 e. The molecule has 1 saturated carbocycles. The van der Waals surface area contributed by atoms with Gasteiger partial charge in [-0.2, -0.15) is 0 Å². The molecule has 0 spiro atoms. The molecular weight excluding hydrogens is 224 g/mol. The first-order chi connectivity index (χ1) is 8.60. The highest BCUT2D eigenvalue weighted by molar-refractivity contribution is 5.19. The molecule has 18 heavy (non-hydrogen) atoms. The predicted molar refractivity (Wildman–Crippen MR) is 74.6 cm³/mol. The van der Waals surface area contributed by atoms with Gasteiger partial charge in [0, 0.05) is 11.1 Å². The topological polar surface area (TPSA) is 28.4 Å². The third-order valence-corrected chi connectivity index (χ3v) is 4.60. The maximum Gasteiger partial charge on any atom is 0.0951 e. The van der Waals surface area contributed by atoms with Crippen molar-refractivity contribution in [2.45, 2.75) is 44.2 Å². The predicted octanol–water partition coefficient (Wildman–Crippen LogP) is 3.05. The Labute approximate surface area is 111 Å². The molecule has 3 heteroatoms. The summed E-state index contributed by atoms with van der Waals surface area (Å²) in [7, 11) is 6.48. The molecule has 3 unspecified atom stereocenters. The van der Waals surface area contributed by atoms with Gasteiger partial charge in [-0.3, -0.25) is 0 Å². The Morgan fingerprint density at radius 2 is 2.28 bits per heavy atom. The zero-order valence-electron chi connectivity index (χ0n) is 12.1. The lowest BCUT2D eigenvalue weighted by molar-refractivity contribution is 0.0391. The molecule has 1 aromatic heterocycles. The number of furan rings is 1. The fourth-order valence-electron chi connectivity index (χ4n) is 3.68. The zero-order valence-corrected chi connectivity index (χ0v) is 12.1. The molecule has 1 heterocycles. The van der Waals surface area contributed by atoms with Crippen LogP contribution in [-0.4, -0.2) is 31.6 Å². The molecule has 0 saturated heterocycles. The smallest absolute Gasteiger partial charge is 0.0951 e. The number of nitrogens with one attached hydrogen (secondary N) is 1. The van der Waals surface area contributed by atoms with Crippen LogP contribution in [0.4, 0.5) is 0 Å². The van der Waals surface area contributed by atoms with Crippen molar-refractivity contribution in [1.29, 1.82) is 0 Å². The summed E-state index contributed by atoms with van der Waals surface area (Å²) in [6.07, 6.45) is 8.82. The van der Waals surface area contributed by atoms with Gasteiger partial charge in [-0.1, -0.05) is 19.8 Å². The molecule has 0 aliphatic heterocycles. The van der Waals surface area contributed by atoms with Crippen molar-refractivity contribution in [3.8, 4) is 0 Å². The van der Waals surface area contributed by atoms with Crippen LogP contribution in [0.5, 0.6) is 0 Å². The van der Waals surface area contributed by atoms with Crippen molar-refractivity contribution in [2.24, 2.45) is 5.92 Å². The first kappa shape index (κ1) is 13.6. The summed E-state index contributed by atoms with van der Waals surface area (Å²) in [4.78, 5) is 2.41. The largest absolute Gasteiger partial charge is 0.472 e. The number of likely N-dealkylation sites (N-methyl/N-ethyl adjacent to an activating group) is 2. The summed E-state index contributed by atoms with van der Waals surface area (Å²) in [5, 5.41) is 3.52. The second-order valence-electron chi connectivity index (χ2n) is 5.98. The first-order valence-electron chi connectivity index (χ1n) is 6.97. The number of rotatable bonds is 4. The van der Waals surface area contributed by atoms with Crippen molar-refractivity contribution >= 4 is 0 Å². The maximum absolute atomic E-state index is 5.28. The van der Waals surface area contributed by atoms with Crippen molar-refractivity contribution in [1.82, 2.24) is 10.2 Å². The minimum absolute atomic E-state index is 0.205. The Kier molecular flexibility index (Phi) is 4.13. The van der Waals surface area contributed by atoms with E-state index in [0.29, 0.717) is 6.04 Å². The molecule has 3 nitrogen and oxygen atoms in total. The second-order valence-corrected chi connectivity index (χ2v) is 5.98. The van der Waals surface area contributed by atoms with Gasteiger partial charge in [0.05, 0.1) is 18.6 Å². The van der Waals surface area contributed by atoms with Crippen molar-refractivity contribution in [3.05, 3.63) is 24.2 Å². The molecule has 0 aromatic carbocycles. The van der Waals surface area contributed by atoms with Gasteiger partial charge in [0.2, 0.25) is 0 Å². The van der Waals surface area contributed by atoms with E-state index in [2.05, 4.69) is 44.3 Å². The standard InChI is InChI=1S/C15H26N2O/c1-12-6-5-8-15(10-12,17(3)4)14(16-2)13-7-9-18-11-13/h7,9,11-12,14,16H,5-6,8,10H2,1-4H3. The SMILES string of the molecule is CNC(c1ccoc1)C1(N(C)C)CCCC(C)C1. The van der Waals surface area contributed by atoms with Crippen LogP contribution < -0.4 is 5.32 Å². The van der Waals surface area contributed by atoms with Crippen molar-refractivity contribution in [2.75, 3.05) is 21.1 Å². The molecule has 1 aliphatic rings. The highest BCUT2D eigenvalue weighted by atomic mass is 16.3. The average molecular weight is 250 g/mol. The van der Waals surface area contributed by atoms with Crippen LogP contribution in [0.1, 0.15) is 44.2 Å². The number of hydrogen-bond donors (Lipinski definition) is 1. The molecule has 1 aliphatic carbocycles. The van der Waals surface area contributed by atoms with Crippen LogP contribution in [0.15, 0.2) is 23.0 Å². The zero-order chi connectivity index (χ0) is 13.2. The van der Waals surface area contributed by atoms with Gasteiger partial charge in [-0.05, 0) is 46.0 Å². The lowest BCUT2D eigenvalue weighted by atomic mass is 9.70. The highest BCUT2D eigenvalue weighted by Gasteiger charge is 2.44. The van der Waals surface area contributed by atoms with E-state index in [1.807, 2.05) is 6.26 Å². The first-order valence-corrected chi connectivity index (χ1v) is 6.97. The normalized spacial score (nSPS) is 30.6. The quantitative estimate of drug-likeness (QED) is 0.890. The van der Waals surface area contributed by atoms with Gasteiger partial charge in [0.25, 0.3) is 0 Å². The Morgan fingerprint density at radius 1 is 1.50 bits per heavy atom. The molecule has 1 fully saturated rings. The molecule has 1 N–H and O–H groups in total. The highest BCUT2D eigenvalue weighted by Crippen LogP contribution is 2.43. The molecule has 102 valence electrons. The average Bonchev–Trinajstić information content (AvgIpc) is 2.83. The molecule has 3 atom stereocenters. The second kappa shape index (κ2) is 5.45. The molecular formula is C15H26N2O. The molecule has 1 aromatic rings. The molecule has 0 amide bonds. The Bertz CT molecular complexity index is 361. The molecule has 0 radical (unpaired) electrons. The maximum atomic E-state index is 5.28. The van der Waals surface area contributed by atoms with Gasteiger partial charge in [-0.25, -0.2) is 0 Å². The van der Waals surface area contributed by atoms with Gasteiger partial charge >= 0.3 is 0 Å². The van der Waals surface area contributed by atoms with E-state index in [0.717, 1.165) is 5.92 Å². The summed E-state index contributed by atoms with van der Waals surface area (Å²) in [6.45, 7) is 2.37. The minimum atomic E-state index is 0.205. The fourth-order valence-corrected chi connectivity index (χ4v) is 3.68. The van der Waals surface area contributed by atoms with E-state index in [-0.39, 0.29) is 5.54 Å². The van der Waals surface area contributed by atoms with Gasteiger partial charge < -0.3 is 14.6 Å². The summed E-state index contributed by atoms with van der Waals surface area (Å²) >= 11 is 0. The Morgan fingerprint density at radius 3 is 2.78 bits per heavy atom. The van der Waals surface area contributed by atoms with E-state index < -0.39 is 0 Å². The van der Waals surface area contributed by atoms with E-state index in [1.54, 1.807) is 6.26 Å². The third kappa shape index (κ3) is 2.34. The van der Waals surface area contributed by atoms with Crippen LogP contribution in [0, 0.1) is 5.92 Å². The van der Waals surface area contributed by atoms with E-state index in [9.17, 15) is 0 Å². The van der Waals surface area contributed by atoms with Crippen LogP contribution in [0.2, 0.25) is 0 Å². The van der Waals surface area contributed by atoms with Gasteiger partial charge in [0.1, 0.15) is 0 Å². The summed E-state index contributed by atoms with van der Waals surface area (Å²) < 4.78 is 5.28. The Balaban J connectivity index is 2.33. The Hall–Kier alpha value is -0.800. The fraction of sp³-hybridized carbons (Fsp3) is 0.733. The van der Waals surface area contributed by atoms with Crippen molar-refractivity contribution in [3.63, 3.8) is 0 Å². The van der Waals surface area contributed by atoms with Crippen LogP contribution >= 0.6 is 0 Å². The lowest BCUT2D eigenvalue weighted by Gasteiger charge is -2.50. The summed E-state index contributed by atoms with van der Waals surface area (Å²) in [6, 6.07) is 2.43. The van der Waals surface area contributed by atoms with Gasteiger partial charge in [0.15, 0.2) is 0 Å². The van der Waals surface area contributed by atoms with E-state index >= 15 is 0 Å². The summed E-state index contributed by atoms with van der Waals surface area (Å²) in [5.41, 5.74) is 1.47. The lowest BCUT2D eigenvalue weighted by Crippen LogP contribution is -2.55. The van der Waals surface area contributed by atoms with Crippen LogP contribution in [0.25, 0.3) is 0 Å². The monoisotopic (exact) mass is 250 g/mol. The van der Waals surface area contributed by atoms with Gasteiger partial charge in [-0.15, -0.1) is 0 Å². The summed E-state index contributed by atoms with van der Waals surface area (Å²) in [5.74, 6) is 0.795. The van der Waals surface area contributed by atoms with Crippen molar-refractivity contribution < 1.29 is 4.42 Å². The number of hydrogen-bond acceptors (Lipinski definition) is 3. The van der Waals surface area contributed by atoms with Crippen LogP contribution in [-0.2, 0) is 0 Å². The third-order valence-electron chi connectivity index (χ3n) is 4.60. The van der Waals surface area contributed by atoms with E-state index in [1.165, 1.54) is 31.2 Å². The van der Waals surface area contributed by atoms with Crippen LogP contribution in [0.3, 0.4) is 0 Å². The van der Waals surface area contributed by atoms with E-state index in [4.69, 9.17) is 4.42 Å². The molecule has 2 rings (SSSR count). The number of nitrogens with zero attached hydrogens (tertiary/aromatic N) is 1.